The van der Waals surface area contributed by atoms with E-state index in [2.05, 4.69) is 111 Å². The summed E-state index contributed by atoms with van der Waals surface area (Å²) in [4.78, 5) is 2.33. The molecule has 0 fully saturated rings. The highest BCUT2D eigenvalue weighted by Crippen LogP contribution is 2.43. The van der Waals surface area contributed by atoms with Crippen LogP contribution in [-0.4, -0.2) is 37.5 Å². The fourth-order valence-electron chi connectivity index (χ4n) is 4.99. The lowest BCUT2D eigenvalue weighted by atomic mass is 9.79. The topological polar surface area (TPSA) is 15.5 Å². The number of benzene rings is 3. The highest BCUT2D eigenvalue weighted by molar-refractivity contribution is 6.09. The Morgan fingerprint density at radius 2 is 1.71 bits per heavy atom. The third kappa shape index (κ3) is 3.52. The van der Waals surface area contributed by atoms with E-state index in [1.807, 2.05) is 0 Å². The summed E-state index contributed by atoms with van der Waals surface area (Å²) in [7, 11) is 3.92. The predicted octanol–water partition coefficient (Wildman–Crippen LogP) is 6.41. The van der Waals surface area contributed by atoms with Crippen LogP contribution >= 0.6 is 0 Å². The van der Waals surface area contributed by atoms with E-state index in [9.17, 15) is 0 Å². The van der Waals surface area contributed by atoms with Crippen molar-refractivity contribution in [1.82, 2.24) is 0 Å². The Bertz CT molecular complexity index is 1180. The number of allylic oxidation sites excluding steroid dienone is 1. The van der Waals surface area contributed by atoms with E-state index < -0.39 is 0 Å². The minimum Gasteiger partial charge on any atom is -0.496 e. The molecule has 0 aliphatic carbocycles. The molecule has 0 aromatic heterocycles. The van der Waals surface area contributed by atoms with Crippen LogP contribution < -0.4 is 9.64 Å². The molecular formula is C28H33N2O+. The molecule has 0 N–H and O–H groups in total. The van der Waals surface area contributed by atoms with Gasteiger partial charge in [-0.2, -0.15) is 4.58 Å². The second kappa shape index (κ2) is 8.22. The minimum atomic E-state index is -0.0875. The molecule has 0 atom stereocenters. The number of anilines is 1. The Morgan fingerprint density at radius 1 is 0.968 bits per heavy atom. The Kier molecular flexibility index (Phi) is 5.62. The van der Waals surface area contributed by atoms with Crippen molar-refractivity contribution in [3.05, 3.63) is 71.8 Å². The van der Waals surface area contributed by atoms with Crippen molar-refractivity contribution in [2.45, 2.75) is 33.1 Å². The van der Waals surface area contributed by atoms with Crippen LogP contribution in [0.5, 0.6) is 5.75 Å². The zero-order valence-corrected chi connectivity index (χ0v) is 19.6. The summed E-state index contributed by atoms with van der Waals surface area (Å²) < 4.78 is 8.07. The maximum atomic E-state index is 5.74. The fraction of sp³-hybridized carbons (Fsp3) is 0.321. The third-order valence-electron chi connectivity index (χ3n) is 6.66. The maximum Gasteiger partial charge on any atom is 0.210 e. The van der Waals surface area contributed by atoms with Gasteiger partial charge in [0.2, 0.25) is 5.69 Å². The molecule has 1 heterocycles. The summed E-state index contributed by atoms with van der Waals surface area (Å²) in [6, 6.07) is 19.6. The van der Waals surface area contributed by atoms with Crippen LogP contribution in [0.25, 0.3) is 16.8 Å². The van der Waals surface area contributed by atoms with E-state index in [-0.39, 0.29) is 5.41 Å². The lowest BCUT2D eigenvalue weighted by molar-refractivity contribution is -0.401. The van der Waals surface area contributed by atoms with Gasteiger partial charge in [-0.25, -0.2) is 0 Å². The van der Waals surface area contributed by atoms with Crippen LogP contribution in [0.1, 0.15) is 38.8 Å². The predicted molar refractivity (Wildman–Crippen MR) is 133 cm³/mol. The summed E-state index contributed by atoms with van der Waals surface area (Å²) in [5.74, 6) is 0.905. The van der Waals surface area contributed by atoms with Gasteiger partial charge in [0.25, 0.3) is 0 Å². The van der Waals surface area contributed by atoms with Crippen LogP contribution in [0.3, 0.4) is 0 Å². The zero-order valence-electron chi connectivity index (χ0n) is 19.6. The van der Waals surface area contributed by atoms with E-state index in [0.29, 0.717) is 0 Å². The van der Waals surface area contributed by atoms with Crippen LogP contribution in [0.4, 0.5) is 11.4 Å². The van der Waals surface area contributed by atoms with Gasteiger partial charge in [-0.1, -0.05) is 24.3 Å². The van der Waals surface area contributed by atoms with Gasteiger partial charge in [0.1, 0.15) is 12.8 Å². The lowest BCUT2D eigenvalue weighted by Crippen LogP contribution is -2.26. The molecule has 3 heteroatoms. The number of hydrogen-bond donors (Lipinski definition) is 0. The van der Waals surface area contributed by atoms with Crippen molar-refractivity contribution in [1.29, 1.82) is 0 Å². The van der Waals surface area contributed by atoms with Crippen LogP contribution in [0.15, 0.2) is 60.7 Å². The van der Waals surface area contributed by atoms with Gasteiger partial charge >= 0.3 is 0 Å². The summed E-state index contributed by atoms with van der Waals surface area (Å²) in [5.41, 5.74) is 6.17. The average Bonchev–Trinajstić information content (AvgIpc) is 2.98. The van der Waals surface area contributed by atoms with Crippen molar-refractivity contribution >= 4 is 33.9 Å². The normalized spacial score (nSPS) is 15.0. The molecule has 0 amide bonds. The maximum absolute atomic E-state index is 5.74. The molecule has 3 aromatic rings. The van der Waals surface area contributed by atoms with E-state index in [1.165, 1.54) is 33.4 Å². The molecule has 31 heavy (non-hydrogen) atoms. The summed E-state index contributed by atoms with van der Waals surface area (Å²) in [5, 5.41) is 2.63. The van der Waals surface area contributed by atoms with E-state index >= 15 is 0 Å². The largest absolute Gasteiger partial charge is 0.496 e. The molecule has 1 aliphatic rings. The molecule has 1 aliphatic heterocycles. The van der Waals surface area contributed by atoms with E-state index in [1.54, 1.807) is 7.11 Å². The Balaban J connectivity index is 1.74. The molecule has 0 saturated carbocycles. The number of fused-ring (bicyclic) bond motifs is 3. The van der Waals surface area contributed by atoms with Crippen LogP contribution in [0, 0.1) is 0 Å². The summed E-state index contributed by atoms with van der Waals surface area (Å²) in [6.07, 6.45) is 4.44. The Hall–Kier alpha value is -3.07. The van der Waals surface area contributed by atoms with Crippen molar-refractivity contribution < 1.29 is 9.31 Å². The first-order chi connectivity index (χ1) is 14.9. The van der Waals surface area contributed by atoms with E-state index in [4.69, 9.17) is 4.74 Å². The van der Waals surface area contributed by atoms with E-state index in [0.717, 1.165) is 24.4 Å². The van der Waals surface area contributed by atoms with Gasteiger partial charge in [0.05, 0.1) is 12.5 Å². The van der Waals surface area contributed by atoms with Gasteiger partial charge in [-0.05, 0) is 62.7 Å². The number of hydrogen-bond acceptors (Lipinski definition) is 2. The Labute approximate surface area is 186 Å². The molecule has 0 unspecified atom stereocenters. The monoisotopic (exact) mass is 413 g/mol. The number of nitrogens with zero attached hydrogens (tertiary/aromatic N) is 2. The first-order valence-electron chi connectivity index (χ1n) is 11.2. The molecule has 0 saturated heterocycles. The molecule has 4 rings (SSSR count). The van der Waals surface area contributed by atoms with Crippen molar-refractivity contribution in [3.63, 3.8) is 0 Å². The SMILES string of the molecule is CCN(CC)c1ccc(/C=C/C2=[N+](C)c3ccc4ccccc4c3C2(C)C)c(OC)c1. The molecule has 0 bridgehead atoms. The van der Waals surface area contributed by atoms with Gasteiger partial charge < -0.3 is 9.64 Å². The molecule has 160 valence electrons. The van der Waals surface area contributed by atoms with Crippen LogP contribution in [-0.2, 0) is 5.41 Å². The van der Waals surface area contributed by atoms with Crippen molar-refractivity contribution in [3.8, 4) is 5.75 Å². The fourth-order valence-corrected chi connectivity index (χ4v) is 4.99. The first kappa shape index (κ1) is 21.2. The third-order valence-corrected chi connectivity index (χ3v) is 6.66. The van der Waals surface area contributed by atoms with Gasteiger partial charge in [-0.3, -0.25) is 0 Å². The number of methoxy groups -OCH3 is 1. The van der Waals surface area contributed by atoms with Gasteiger partial charge in [0, 0.05) is 48.1 Å². The second-order valence-corrected chi connectivity index (χ2v) is 8.68. The highest BCUT2D eigenvalue weighted by Gasteiger charge is 2.44. The Morgan fingerprint density at radius 3 is 2.42 bits per heavy atom. The smallest absolute Gasteiger partial charge is 0.210 e. The molecule has 0 radical (unpaired) electrons. The van der Waals surface area contributed by atoms with Gasteiger partial charge in [0.15, 0.2) is 5.71 Å². The second-order valence-electron chi connectivity index (χ2n) is 8.68. The zero-order chi connectivity index (χ0) is 22.2. The lowest BCUT2D eigenvalue weighted by Gasteiger charge is -2.22. The summed E-state index contributed by atoms with van der Waals surface area (Å²) in [6.45, 7) is 11.0. The number of ether oxygens (including phenoxy) is 1. The van der Waals surface area contributed by atoms with Crippen LogP contribution in [0.2, 0.25) is 0 Å². The summed E-state index contributed by atoms with van der Waals surface area (Å²) >= 11 is 0. The first-order valence-corrected chi connectivity index (χ1v) is 11.2. The molecular weight excluding hydrogens is 380 g/mol. The number of rotatable bonds is 6. The standard InChI is InChI=1S/C28H33N2O/c1-7-30(8-2)22-16-13-21(25(19-22)31-6)15-18-26-28(3,4)27-23-12-10-9-11-20(23)14-17-24(27)29(26)5/h9-19H,7-8H2,1-6H3/q+1. The molecule has 3 aromatic carbocycles. The highest BCUT2D eigenvalue weighted by atomic mass is 16.5. The van der Waals surface area contributed by atoms with Gasteiger partial charge in [-0.15, -0.1) is 0 Å². The average molecular weight is 414 g/mol. The van der Waals surface area contributed by atoms with Crippen molar-refractivity contribution in [2.75, 3.05) is 32.1 Å². The molecule has 0 spiro atoms. The quantitative estimate of drug-likeness (QED) is 0.434. The molecule has 3 nitrogen and oxygen atoms in total. The minimum absolute atomic E-state index is 0.0875. The van der Waals surface area contributed by atoms with Crippen molar-refractivity contribution in [2.24, 2.45) is 0 Å².